The van der Waals surface area contributed by atoms with E-state index in [0.29, 0.717) is 11.6 Å². The number of nitrogens with one attached hydrogen (secondary N) is 3. The number of carbonyl (C=O) groups is 3. The van der Waals surface area contributed by atoms with Crippen molar-refractivity contribution in [3.8, 4) is 0 Å². The zero-order chi connectivity index (χ0) is 15.6. The molecule has 1 aromatic heterocycles. The van der Waals surface area contributed by atoms with Crippen LogP contribution >= 0.6 is 0 Å². The van der Waals surface area contributed by atoms with Gasteiger partial charge in [0, 0.05) is 24.6 Å². The Bertz CT molecular complexity index is 579. The van der Waals surface area contributed by atoms with Gasteiger partial charge in [0.25, 0.3) is 0 Å². The van der Waals surface area contributed by atoms with Gasteiger partial charge in [0.15, 0.2) is 0 Å². The van der Waals surface area contributed by atoms with Crippen molar-refractivity contribution in [1.29, 1.82) is 0 Å². The summed E-state index contributed by atoms with van der Waals surface area (Å²) >= 11 is 0. The molecule has 1 saturated carbocycles. The molecular formula is C14H19N3O4. The van der Waals surface area contributed by atoms with Crippen LogP contribution in [0.15, 0.2) is 6.07 Å². The van der Waals surface area contributed by atoms with Gasteiger partial charge in [-0.05, 0) is 25.3 Å². The van der Waals surface area contributed by atoms with Gasteiger partial charge >= 0.3 is 5.97 Å². The van der Waals surface area contributed by atoms with Crippen LogP contribution in [0.4, 0.5) is 5.69 Å². The number of H-pyrrole nitrogens is 1. The Balaban J connectivity index is 1.79. The first-order valence-electron chi connectivity index (χ1n) is 6.89. The van der Waals surface area contributed by atoms with E-state index in [1.54, 1.807) is 13.0 Å². The minimum absolute atomic E-state index is 0.0148. The number of amides is 2. The smallest absolute Gasteiger partial charge is 0.354 e. The molecule has 0 aromatic carbocycles. The van der Waals surface area contributed by atoms with Crippen LogP contribution in [0.2, 0.25) is 0 Å². The van der Waals surface area contributed by atoms with Crippen LogP contribution in [-0.2, 0) is 9.59 Å². The topological polar surface area (TPSA) is 111 Å². The minimum Gasteiger partial charge on any atom is -0.477 e. The van der Waals surface area contributed by atoms with E-state index in [9.17, 15) is 14.4 Å². The number of carbonyl (C=O) groups excluding carboxylic acids is 2. The number of aromatic amines is 1. The summed E-state index contributed by atoms with van der Waals surface area (Å²) in [5, 5.41) is 14.2. The summed E-state index contributed by atoms with van der Waals surface area (Å²) in [5.74, 6) is -0.965. The molecule has 2 unspecified atom stereocenters. The third kappa shape index (κ3) is 3.84. The summed E-state index contributed by atoms with van der Waals surface area (Å²) < 4.78 is 0. The number of aromatic nitrogens is 1. The average molecular weight is 293 g/mol. The molecule has 1 fully saturated rings. The van der Waals surface area contributed by atoms with E-state index in [2.05, 4.69) is 15.6 Å². The van der Waals surface area contributed by atoms with Gasteiger partial charge < -0.3 is 20.7 Å². The second kappa shape index (κ2) is 5.99. The number of hydrogen-bond acceptors (Lipinski definition) is 3. The van der Waals surface area contributed by atoms with E-state index < -0.39 is 5.97 Å². The monoisotopic (exact) mass is 293 g/mol. The molecule has 114 valence electrons. The van der Waals surface area contributed by atoms with Crippen molar-refractivity contribution in [3.05, 3.63) is 17.5 Å². The number of anilines is 1. The lowest BCUT2D eigenvalue weighted by molar-refractivity contribution is -0.122. The summed E-state index contributed by atoms with van der Waals surface area (Å²) in [7, 11) is 0. The molecule has 0 bridgehead atoms. The first-order valence-corrected chi connectivity index (χ1v) is 6.89. The fourth-order valence-corrected chi connectivity index (χ4v) is 2.19. The molecule has 1 aliphatic rings. The summed E-state index contributed by atoms with van der Waals surface area (Å²) in [6.07, 6.45) is 1.01. The molecular weight excluding hydrogens is 274 g/mol. The lowest BCUT2D eigenvalue weighted by Crippen LogP contribution is -2.29. The molecule has 2 rings (SSSR count). The highest BCUT2D eigenvalue weighted by molar-refractivity contribution is 5.99. The predicted molar refractivity (Wildman–Crippen MR) is 76.0 cm³/mol. The Labute approximate surface area is 122 Å². The summed E-state index contributed by atoms with van der Waals surface area (Å²) in [6, 6.07) is 1.56. The molecule has 0 spiro atoms. The van der Waals surface area contributed by atoms with Crippen LogP contribution < -0.4 is 10.6 Å². The lowest BCUT2D eigenvalue weighted by atomic mass is 10.3. The molecule has 1 aromatic rings. The van der Waals surface area contributed by atoms with Crippen LogP contribution in [0, 0.1) is 18.8 Å². The Morgan fingerprint density at radius 3 is 2.67 bits per heavy atom. The number of carboxylic acids is 1. The van der Waals surface area contributed by atoms with E-state index in [1.807, 2.05) is 6.92 Å². The van der Waals surface area contributed by atoms with Gasteiger partial charge in [0.1, 0.15) is 5.69 Å². The SMILES string of the molecule is Cc1cc(NC(=O)CCNC(=O)C2CC2C)c(C(=O)O)[nH]1. The lowest BCUT2D eigenvalue weighted by Gasteiger charge is -2.06. The van der Waals surface area contributed by atoms with Gasteiger partial charge in [-0.3, -0.25) is 9.59 Å². The molecule has 1 heterocycles. The maximum atomic E-state index is 11.8. The van der Waals surface area contributed by atoms with Crippen LogP contribution in [0.5, 0.6) is 0 Å². The number of aryl methyl sites for hydroxylation is 1. The molecule has 21 heavy (non-hydrogen) atoms. The highest BCUT2D eigenvalue weighted by atomic mass is 16.4. The van der Waals surface area contributed by atoms with E-state index in [0.717, 1.165) is 6.42 Å². The first kappa shape index (κ1) is 15.1. The van der Waals surface area contributed by atoms with Gasteiger partial charge in [-0.15, -0.1) is 0 Å². The molecule has 7 heteroatoms. The third-order valence-corrected chi connectivity index (χ3v) is 3.54. The molecule has 2 amide bonds. The maximum absolute atomic E-state index is 11.8. The highest BCUT2D eigenvalue weighted by Crippen LogP contribution is 2.37. The minimum atomic E-state index is -1.13. The number of aromatic carboxylic acids is 1. The van der Waals surface area contributed by atoms with E-state index in [4.69, 9.17) is 5.11 Å². The molecule has 0 saturated heterocycles. The van der Waals surface area contributed by atoms with E-state index in [1.165, 1.54) is 0 Å². The standard InChI is InChI=1S/C14H19N3O4/c1-7-5-9(7)13(19)15-4-3-11(18)17-10-6-8(2)16-12(10)14(20)21/h6-7,9,16H,3-5H2,1-2H3,(H,15,19)(H,17,18)(H,20,21). The Hall–Kier alpha value is -2.31. The van der Waals surface area contributed by atoms with E-state index in [-0.39, 0.29) is 42.1 Å². The highest BCUT2D eigenvalue weighted by Gasteiger charge is 2.38. The second-order valence-electron chi connectivity index (χ2n) is 5.45. The van der Waals surface area contributed by atoms with Gasteiger partial charge in [-0.1, -0.05) is 6.92 Å². The van der Waals surface area contributed by atoms with Crippen molar-refractivity contribution < 1.29 is 19.5 Å². The zero-order valence-electron chi connectivity index (χ0n) is 12.0. The number of rotatable bonds is 6. The van der Waals surface area contributed by atoms with Gasteiger partial charge in [-0.2, -0.15) is 0 Å². The predicted octanol–water partition coefficient (Wildman–Crippen LogP) is 1.12. The van der Waals surface area contributed by atoms with E-state index >= 15 is 0 Å². The van der Waals surface area contributed by atoms with Gasteiger partial charge in [0.2, 0.25) is 11.8 Å². The molecule has 4 N–H and O–H groups in total. The fraction of sp³-hybridized carbons (Fsp3) is 0.500. The largest absolute Gasteiger partial charge is 0.477 e. The second-order valence-corrected chi connectivity index (χ2v) is 5.45. The maximum Gasteiger partial charge on any atom is 0.354 e. The number of carboxylic acid groups (broad SMARTS) is 1. The van der Waals surface area contributed by atoms with Crippen molar-refractivity contribution in [2.45, 2.75) is 26.7 Å². The quantitative estimate of drug-likeness (QED) is 0.629. The van der Waals surface area contributed by atoms with Crippen molar-refractivity contribution in [2.75, 3.05) is 11.9 Å². The van der Waals surface area contributed by atoms with Crippen LogP contribution in [-0.4, -0.2) is 34.4 Å². The molecule has 0 radical (unpaired) electrons. The Morgan fingerprint density at radius 1 is 1.43 bits per heavy atom. The fourth-order valence-electron chi connectivity index (χ4n) is 2.19. The normalized spacial score (nSPS) is 19.9. The van der Waals surface area contributed by atoms with Crippen molar-refractivity contribution in [2.24, 2.45) is 11.8 Å². The summed E-state index contributed by atoms with van der Waals surface area (Å²) in [6.45, 7) is 3.97. The Morgan fingerprint density at radius 2 is 2.10 bits per heavy atom. The summed E-state index contributed by atoms with van der Waals surface area (Å²) in [4.78, 5) is 37.0. The molecule has 7 nitrogen and oxygen atoms in total. The Kier molecular flexibility index (Phi) is 4.30. The van der Waals surface area contributed by atoms with Gasteiger partial charge in [-0.25, -0.2) is 4.79 Å². The van der Waals surface area contributed by atoms with Crippen LogP contribution in [0.3, 0.4) is 0 Å². The van der Waals surface area contributed by atoms with Crippen LogP contribution in [0.1, 0.15) is 35.9 Å². The van der Waals surface area contributed by atoms with Crippen molar-refractivity contribution in [3.63, 3.8) is 0 Å². The summed E-state index contributed by atoms with van der Waals surface area (Å²) in [5.41, 5.74) is 0.850. The van der Waals surface area contributed by atoms with Crippen molar-refractivity contribution in [1.82, 2.24) is 10.3 Å². The number of hydrogen-bond donors (Lipinski definition) is 4. The van der Waals surface area contributed by atoms with Crippen molar-refractivity contribution >= 4 is 23.5 Å². The zero-order valence-corrected chi connectivity index (χ0v) is 12.0. The third-order valence-electron chi connectivity index (χ3n) is 3.54. The molecule has 0 aliphatic heterocycles. The van der Waals surface area contributed by atoms with Crippen LogP contribution in [0.25, 0.3) is 0 Å². The average Bonchev–Trinajstić information content (AvgIpc) is 3.00. The molecule has 2 atom stereocenters. The first-order chi connectivity index (χ1) is 9.88. The van der Waals surface area contributed by atoms with Gasteiger partial charge in [0.05, 0.1) is 5.69 Å². The molecule has 1 aliphatic carbocycles.